The van der Waals surface area contributed by atoms with Crippen molar-refractivity contribution >= 4 is 5.91 Å². The second kappa shape index (κ2) is 7.35. The van der Waals surface area contributed by atoms with Crippen molar-refractivity contribution in [3.8, 4) is 11.4 Å². The molecular formula is C22H23N3O2. The van der Waals surface area contributed by atoms with E-state index >= 15 is 0 Å². The summed E-state index contributed by atoms with van der Waals surface area (Å²) in [6, 6.07) is 14.0. The van der Waals surface area contributed by atoms with Gasteiger partial charge in [0.1, 0.15) is 0 Å². The second-order valence-corrected chi connectivity index (χ2v) is 7.23. The van der Waals surface area contributed by atoms with Crippen LogP contribution < -0.4 is 0 Å². The fraction of sp³-hybridized carbons (Fsp3) is 0.318. The number of hydrogen-bond donors (Lipinski definition) is 0. The topological polar surface area (TPSA) is 59.2 Å². The minimum atomic E-state index is -0.0290. The molecule has 1 aliphatic carbocycles. The molecule has 4 rings (SSSR count). The number of hydrogen-bond acceptors (Lipinski definition) is 4. The Hall–Kier alpha value is -2.95. The van der Waals surface area contributed by atoms with Crippen molar-refractivity contribution in [1.82, 2.24) is 15.0 Å². The number of amides is 1. The first-order chi connectivity index (χ1) is 13.1. The fourth-order valence-electron chi connectivity index (χ4n) is 3.58. The third-order valence-corrected chi connectivity index (χ3v) is 5.06. The van der Waals surface area contributed by atoms with Crippen molar-refractivity contribution in [2.75, 3.05) is 7.05 Å². The van der Waals surface area contributed by atoms with Crippen LogP contribution in [0.5, 0.6) is 0 Å². The second-order valence-electron chi connectivity index (χ2n) is 7.23. The van der Waals surface area contributed by atoms with E-state index in [1.807, 2.05) is 43.3 Å². The van der Waals surface area contributed by atoms with Crippen LogP contribution in [0.25, 0.3) is 11.4 Å². The lowest BCUT2D eigenvalue weighted by molar-refractivity contribution is 0.0769. The third-order valence-electron chi connectivity index (χ3n) is 5.06. The van der Waals surface area contributed by atoms with Gasteiger partial charge in [0.25, 0.3) is 5.91 Å². The molecule has 0 saturated heterocycles. The van der Waals surface area contributed by atoms with Gasteiger partial charge in [0.15, 0.2) is 0 Å². The molecule has 5 nitrogen and oxygen atoms in total. The molecule has 0 N–H and O–H groups in total. The van der Waals surface area contributed by atoms with Crippen LogP contribution in [-0.2, 0) is 19.4 Å². The lowest BCUT2D eigenvalue weighted by Gasteiger charge is -2.19. The van der Waals surface area contributed by atoms with Crippen LogP contribution >= 0.6 is 0 Å². The van der Waals surface area contributed by atoms with Crippen LogP contribution in [-0.4, -0.2) is 28.0 Å². The molecule has 0 atom stereocenters. The number of aryl methyl sites for hydroxylation is 3. The number of benzene rings is 2. The van der Waals surface area contributed by atoms with Gasteiger partial charge in [-0.1, -0.05) is 35.0 Å². The Balaban J connectivity index is 1.47. The van der Waals surface area contributed by atoms with E-state index in [1.54, 1.807) is 11.9 Å². The first-order valence-corrected chi connectivity index (χ1v) is 9.37. The van der Waals surface area contributed by atoms with Crippen LogP contribution in [0.1, 0.15) is 45.8 Å². The zero-order valence-corrected chi connectivity index (χ0v) is 15.7. The molecule has 0 fully saturated rings. The van der Waals surface area contributed by atoms with Crippen molar-refractivity contribution in [1.29, 1.82) is 0 Å². The van der Waals surface area contributed by atoms with Gasteiger partial charge in [0.2, 0.25) is 11.7 Å². The molecule has 27 heavy (non-hydrogen) atoms. The summed E-state index contributed by atoms with van der Waals surface area (Å²) < 4.78 is 5.35. The van der Waals surface area contributed by atoms with Gasteiger partial charge in [0, 0.05) is 18.2 Å². The highest BCUT2D eigenvalue weighted by Crippen LogP contribution is 2.23. The highest BCUT2D eigenvalue weighted by Gasteiger charge is 2.18. The van der Waals surface area contributed by atoms with Gasteiger partial charge in [-0.25, -0.2) is 0 Å². The number of fused-ring (bicyclic) bond motifs is 1. The number of aromatic nitrogens is 2. The molecule has 0 aliphatic heterocycles. The van der Waals surface area contributed by atoms with E-state index in [0.717, 1.165) is 29.5 Å². The van der Waals surface area contributed by atoms with Crippen LogP contribution in [0.4, 0.5) is 0 Å². The lowest BCUT2D eigenvalue weighted by Crippen LogP contribution is -2.26. The molecule has 3 aromatic rings. The molecule has 0 saturated carbocycles. The van der Waals surface area contributed by atoms with E-state index in [4.69, 9.17) is 4.52 Å². The lowest BCUT2D eigenvalue weighted by atomic mass is 9.90. The van der Waals surface area contributed by atoms with Crippen LogP contribution in [0.3, 0.4) is 0 Å². The van der Waals surface area contributed by atoms with Gasteiger partial charge in [-0.15, -0.1) is 0 Å². The molecule has 1 amide bonds. The Labute approximate surface area is 159 Å². The molecule has 2 aromatic carbocycles. The summed E-state index contributed by atoms with van der Waals surface area (Å²) in [6.07, 6.45) is 4.61. The number of rotatable bonds is 4. The zero-order chi connectivity index (χ0) is 18.8. The van der Waals surface area contributed by atoms with Gasteiger partial charge in [-0.3, -0.25) is 4.79 Å². The summed E-state index contributed by atoms with van der Waals surface area (Å²) in [4.78, 5) is 18.9. The predicted octanol–water partition coefficient (Wildman–Crippen LogP) is 4.20. The van der Waals surface area contributed by atoms with E-state index in [9.17, 15) is 4.79 Å². The molecule has 0 spiro atoms. The standard InChI is InChI=1S/C22H23N3O2/c1-15-6-5-9-18(12-15)21-23-20(27-24-21)14-25(2)22(26)19-11-10-16-7-3-4-8-17(16)13-19/h5-6,9-13H,3-4,7-8,14H2,1-2H3. The maximum Gasteiger partial charge on any atom is 0.254 e. The molecule has 5 heteroatoms. The summed E-state index contributed by atoms with van der Waals surface area (Å²) in [7, 11) is 1.76. The Kier molecular flexibility index (Phi) is 4.75. The van der Waals surface area contributed by atoms with Gasteiger partial charge < -0.3 is 9.42 Å². The summed E-state index contributed by atoms with van der Waals surface area (Å²) in [5, 5.41) is 4.05. The first kappa shape index (κ1) is 17.5. The Morgan fingerprint density at radius 3 is 2.74 bits per heavy atom. The molecule has 0 bridgehead atoms. The van der Waals surface area contributed by atoms with Gasteiger partial charge in [0.05, 0.1) is 6.54 Å². The van der Waals surface area contributed by atoms with Crippen LogP contribution in [0.15, 0.2) is 47.0 Å². The van der Waals surface area contributed by atoms with Gasteiger partial charge in [-0.2, -0.15) is 4.98 Å². The molecule has 0 radical (unpaired) electrons. The van der Waals surface area contributed by atoms with E-state index in [0.29, 0.717) is 11.7 Å². The summed E-state index contributed by atoms with van der Waals surface area (Å²) >= 11 is 0. The average molecular weight is 361 g/mol. The van der Waals surface area contributed by atoms with E-state index in [2.05, 4.69) is 16.2 Å². The molecule has 1 aliphatic rings. The van der Waals surface area contributed by atoms with Crippen molar-refractivity contribution in [2.45, 2.75) is 39.2 Å². The summed E-state index contributed by atoms with van der Waals surface area (Å²) in [5.41, 5.74) is 5.45. The van der Waals surface area contributed by atoms with Crippen LogP contribution in [0, 0.1) is 6.92 Å². The molecule has 138 valence electrons. The summed E-state index contributed by atoms with van der Waals surface area (Å²) in [6.45, 7) is 2.31. The minimum Gasteiger partial charge on any atom is -0.337 e. The number of carbonyl (C=O) groups excluding carboxylic acids is 1. The molecule has 0 unspecified atom stereocenters. The fourth-order valence-corrected chi connectivity index (χ4v) is 3.58. The van der Waals surface area contributed by atoms with Crippen molar-refractivity contribution in [3.63, 3.8) is 0 Å². The Morgan fingerprint density at radius 2 is 1.93 bits per heavy atom. The van der Waals surface area contributed by atoms with Crippen molar-refractivity contribution in [2.24, 2.45) is 0 Å². The minimum absolute atomic E-state index is 0.0290. The molecular weight excluding hydrogens is 338 g/mol. The summed E-state index contributed by atoms with van der Waals surface area (Å²) in [5.74, 6) is 0.947. The van der Waals surface area contributed by atoms with Crippen LogP contribution in [0.2, 0.25) is 0 Å². The van der Waals surface area contributed by atoms with E-state index in [1.165, 1.54) is 24.0 Å². The van der Waals surface area contributed by atoms with E-state index < -0.39 is 0 Å². The van der Waals surface area contributed by atoms with Crippen molar-refractivity contribution in [3.05, 3.63) is 70.6 Å². The molecule has 1 aromatic heterocycles. The van der Waals surface area contributed by atoms with Crippen molar-refractivity contribution < 1.29 is 9.32 Å². The first-order valence-electron chi connectivity index (χ1n) is 9.37. The number of carbonyl (C=O) groups is 1. The van der Waals surface area contributed by atoms with Gasteiger partial charge >= 0.3 is 0 Å². The maximum atomic E-state index is 12.8. The maximum absolute atomic E-state index is 12.8. The largest absolute Gasteiger partial charge is 0.337 e. The van der Waals surface area contributed by atoms with Gasteiger partial charge in [-0.05, 0) is 61.9 Å². The average Bonchev–Trinajstić information content (AvgIpc) is 3.15. The zero-order valence-electron chi connectivity index (χ0n) is 15.7. The third kappa shape index (κ3) is 3.77. The predicted molar refractivity (Wildman–Crippen MR) is 103 cm³/mol. The smallest absolute Gasteiger partial charge is 0.254 e. The molecule has 1 heterocycles. The van der Waals surface area contributed by atoms with E-state index in [-0.39, 0.29) is 12.5 Å². The monoisotopic (exact) mass is 361 g/mol. The SMILES string of the molecule is Cc1cccc(-c2noc(CN(C)C(=O)c3ccc4c(c3)CCCC4)n2)c1. The highest BCUT2D eigenvalue weighted by atomic mass is 16.5. The number of nitrogens with zero attached hydrogens (tertiary/aromatic N) is 3. The highest BCUT2D eigenvalue weighted by molar-refractivity contribution is 5.94. The Morgan fingerprint density at radius 1 is 1.11 bits per heavy atom. The quantitative estimate of drug-likeness (QED) is 0.699. The Bertz CT molecular complexity index is 977. The normalized spacial score (nSPS) is 13.3.